The number of benzene rings is 1. The molecule has 0 aromatic heterocycles. The molecule has 0 saturated carbocycles. The highest BCUT2D eigenvalue weighted by atomic mass is 16.3. The molecule has 2 nitrogen and oxygen atoms in total. The first-order chi connectivity index (χ1) is 9.13. The lowest BCUT2D eigenvalue weighted by Gasteiger charge is -2.29. The van der Waals surface area contributed by atoms with Crippen LogP contribution >= 0.6 is 0 Å². The summed E-state index contributed by atoms with van der Waals surface area (Å²) in [6.07, 6.45) is 4.11. The van der Waals surface area contributed by atoms with Gasteiger partial charge in [0.2, 0.25) is 0 Å². The monoisotopic (exact) mass is 261 g/mol. The van der Waals surface area contributed by atoms with Crippen LogP contribution in [0.5, 0.6) is 0 Å². The molecule has 1 saturated heterocycles. The van der Waals surface area contributed by atoms with E-state index >= 15 is 0 Å². The molecule has 1 fully saturated rings. The van der Waals surface area contributed by atoms with Crippen molar-refractivity contribution in [2.24, 2.45) is 5.92 Å². The van der Waals surface area contributed by atoms with Gasteiger partial charge in [0, 0.05) is 19.6 Å². The third kappa shape index (κ3) is 4.96. The van der Waals surface area contributed by atoms with Crippen LogP contribution < -0.4 is 0 Å². The van der Waals surface area contributed by atoms with E-state index in [1.807, 2.05) is 0 Å². The van der Waals surface area contributed by atoms with Crippen LogP contribution in [-0.2, 0) is 12.8 Å². The fourth-order valence-electron chi connectivity index (χ4n) is 2.74. The van der Waals surface area contributed by atoms with Crippen molar-refractivity contribution in [2.45, 2.75) is 45.6 Å². The molecule has 1 aliphatic rings. The van der Waals surface area contributed by atoms with E-state index in [4.69, 9.17) is 0 Å². The molecule has 1 heterocycles. The fraction of sp³-hybridized carbons (Fsp3) is 0.647. The number of aliphatic hydroxyl groups is 1. The number of nitrogens with zero attached hydrogens (tertiary/aromatic N) is 1. The van der Waals surface area contributed by atoms with Gasteiger partial charge in [0.05, 0.1) is 6.10 Å². The molecule has 19 heavy (non-hydrogen) atoms. The number of hydrogen-bond acceptors (Lipinski definition) is 2. The maximum atomic E-state index is 9.49. The number of aliphatic hydroxyl groups excluding tert-OH is 1. The zero-order valence-electron chi connectivity index (χ0n) is 12.3. The molecule has 1 N–H and O–H groups in total. The van der Waals surface area contributed by atoms with Crippen LogP contribution in [-0.4, -0.2) is 35.7 Å². The first kappa shape index (κ1) is 14.5. The largest absolute Gasteiger partial charge is 0.393 e. The van der Waals surface area contributed by atoms with E-state index < -0.39 is 0 Å². The fourth-order valence-corrected chi connectivity index (χ4v) is 2.74. The van der Waals surface area contributed by atoms with Crippen LogP contribution in [0.1, 0.15) is 37.8 Å². The predicted molar refractivity (Wildman–Crippen MR) is 80.4 cm³/mol. The summed E-state index contributed by atoms with van der Waals surface area (Å²) in [5, 5.41) is 9.49. The highest BCUT2D eigenvalue weighted by molar-refractivity contribution is 5.23. The van der Waals surface area contributed by atoms with Crippen LogP contribution in [0.2, 0.25) is 0 Å². The van der Waals surface area contributed by atoms with Crippen LogP contribution in [0.3, 0.4) is 0 Å². The lowest BCUT2D eigenvalue weighted by molar-refractivity contribution is 0.0832. The molecular weight excluding hydrogens is 234 g/mol. The average Bonchev–Trinajstić information content (AvgIpc) is 2.39. The highest BCUT2D eigenvalue weighted by Crippen LogP contribution is 2.13. The lowest BCUT2D eigenvalue weighted by Crippen LogP contribution is -2.37. The quantitative estimate of drug-likeness (QED) is 0.881. The third-order valence-electron chi connectivity index (χ3n) is 3.94. The van der Waals surface area contributed by atoms with Crippen molar-refractivity contribution in [1.82, 2.24) is 4.90 Å². The normalized spacial score (nSPS) is 18.1. The Morgan fingerprint density at radius 1 is 1.11 bits per heavy atom. The molecule has 2 rings (SSSR count). The van der Waals surface area contributed by atoms with E-state index in [9.17, 15) is 5.11 Å². The van der Waals surface area contributed by atoms with Crippen LogP contribution in [0.4, 0.5) is 0 Å². The summed E-state index contributed by atoms with van der Waals surface area (Å²) in [6, 6.07) is 9.09. The SMILES string of the molecule is CC(C)Cc1ccc(CCN2CCC(O)CC2)cc1. The van der Waals surface area contributed by atoms with Crippen LogP contribution in [0, 0.1) is 5.92 Å². The molecule has 0 spiro atoms. The first-order valence-electron chi connectivity index (χ1n) is 7.61. The standard InChI is InChI=1S/C17H27NO/c1-14(2)13-16-5-3-15(4-6-16)7-10-18-11-8-17(19)9-12-18/h3-6,14,17,19H,7-13H2,1-2H3. The van der Waals surface area contributed by atoms with Gasteiger partial charge in [-0.25, -0.2) is 0 Å². The molecule has 0 atom stereocenters. The summed E-state index contributed by atoms with van der Waals surface area (Å²) in [4.78, 5) is 2.47. The van der Waals surface area contributed by atoms with Gasteiger partial charge in [0.15, 0.2) is 0 Å². The smallest absolute Gasteiger partial charge is 0.0564 e. The van der Waals surface area contributed by atoms with Gasteiger partial charge in [-0.2, -0.15) is 0 Å². The van der Waals surface area contributed by atoms with Crippen molar-refractivity contribution < 1.29 is 5.11 Å². The molecule has 0 amide bonds. The number of hydrogen-bond donors (Lipinski definition) is 1. The molecule has 0 aliphatic carbocycles. The lowest BCUT2D eigenvalue weighted by atomic mass is 10.0. The van der Waals surface area contributed by atoms with Gasteiger partial charge in [-0.1, -0.05) is 38.1 Å². The van der Waals surface area contributed by atoms with Gasteiger partial charge < -0.3 is 10.0 Å². The second-order valence-electron chi connectivity index (χ2n) is 6.24. The van der Waals surface area contributed by atoms with Crippen molar-refractivity contribution >= 4 is 0 Å². The zero-order chi connectivity index (χ0) is 13.7. The molecule has 106 valence electrons. The summed E-state index contributed by atoms with van der Waals surface area (Å²) >= 11 is 0. The second kappa shape index (κ2) is 7.06. The summed E-state index contributed by atoms with van der Waals surface area (Å²) in [7, 11) is 0. The Morgan fingerprint density at radius 3 is 2.26 bits per heavy atom. The zero-order valence-corrected chi connectivity index (χ0v) is 12.3. The van der Waals surface area contributed by atoms with E-state index in [1.165, 1.54) is 17.5 Å². The summed E-state index contributed by atoms with van der Waals surface area (Å²) < 4.78 is 0. The first-order valence-corrected chi connectivity index (χ1v) is 7.61. The van der Waals surface area contributed by atoms with Crippen molar-refractivity contribution in [3.05, 3.63) is 35.4 Å². The Kier molecular flexibility index (Phi) is 5.41. The van der Waals surface area contributed by atoms with Gasteiger partial charge in [-0.05, 0) is 42.7 Å². The molecular formula is C17H27NO. The molecule has 1 aromatic carbocycles. The van der Waals surface area contributed by atoms with E-state index in [0.717, 1.165) is 44.8 Å². The third-order valence-corrected chi connectivity index (χ3v) is 3.94. The maximum Gasteiger partial charge on any atom is 0.0564 e. The van der Waals surface area contributed by atoms with Crippen LogP contribution in [0.15, 0.2) is 24.3 Å². The highest BCUT2D eigenvalue weighted by Gasteiger charge is 2.16. The summed E-state index contributed by atoms with van der Waals surface area (Å²) in [5.41, 5.74) is 2.87. The van der Waals surface area contributed by atoms with Gasteiger partial charge in [0.1, 0.15) is 0 Å². The minimum absolute atomic E-state index is 0.0634. The van der Waals surface area contributed by atoms with Crippen molar-refractivity contribution in [1.29, 1.82) is 0 Å². The molecule has 1 aliphatic heterocycles. The van der Waals surface area contributed by atoms with Gasteiger partial charge >= 0.3 is 0 Å². The molecule has 0 radical (unpaired) electrons. The minimum atomic E-state index is -0.0634. The average molecular weight is 261 g/mol. The number of rotatable bonds is 5. The summed E-state index contributed by atoms with van der Waals surface area (Å²) in [6.45, 7) is 7.74. The van der Waals surface area contributed by atoms with E-state index in [2.05, 4.69) is 43.0 Å². The molecule has 2 heteroatoms. The Balaban J connectivity index is 1.76. The van der Waals surface area contributed by atoms with E-state index in [0.29, 0.717) is 0 Å². The number of likely N-dealkylation sites (tertiary alicyclic amines) is 1. The molecule has 0 bridgehead atoms. The molecule has 0 unspecified atom stereocenters. The topological polar surface area (TPSA) is 23.5 Å². The Bertz CT molecular complexity index is 363. The van der Waals surface area contributed by atoms with Gasteiger partial charge in [0.25, 0.3) is 0 Å². The minimum Gasteiger partial charge on any atom is -0.393 e. The number of piperidine rings is 1. The molecule has 1 aromatic rings. The van der Waals surface area contributed by atoms with Gasteiger partial charge in [-0.15, -0.1) is 0 Å². The van der Waals surface area contributed by atoms with Crippen LogP contribution in [0.25, 0.3) is 0 Å². The van der Waals surface area contributed by atoms with E-state index in [1.54, 1.807) is 0 Å². The predicted octanol–water partition coefficient (Wildman–Crippen LogP) is 2.88. The Hall–Kier alpha value is -0.860. The summed E-state index contributed by atoms with van der Waals surface area (Å²) in [5.74, 6) is 0.727. The van der Waals surface area contributed by atoms with E-state index in [-0.39, 0.29) is 6.10 Å². The maximum absolute atomic E-state index is 9.49. The Labute approximate surface area is 117 Å². The Morgan fingerprint density at radius 2 is 1.68 bits per heavy atom. The van der Waals surface area contributed by atoms with Crippen molar-refractivity contribution in [3.63, 3.8) is 0 Å². The second-order valence-corrected chi connectivity index (χ2v) is 6.24. The van der Waals surface area contributed by atoms with Crippen molar-refractivity contribution in [3.8, 4) is 0 Å². The van der Waals surface area contributed by atoms with Gasteiger partial charge in [-0.3, -0.25) is 0 Å². The van der Waals surface area contributed by atoms with Crippen molar-refractivity contribution in [2.75, 3.05) is 19.6 Å².